The Balaban J connectivity index is 0.000000520. The highest BCUT2D eigenvalue weighted by molar-refractivity contribution is 5.97. The monoisotopic (exact) mass is 746 g/mol. The van der Waals surface area contributed by atoms with Gasteiger partial charge in [-0.05, 0) is 24.3 Å². The molecule has 0 aliphatic rings. The number of pyridine rings is 2. The van der Waals surface area contributed by atoms with Crippen LogP contribution in [0.25, 0.3) is 0 Å². The highest BCUT2D eigenvalue weighted by Crippen LogP contribution is 2.03. The molecule has 0 aromatic carbocycles. The second-order valence-corrected chi connectivity index (χ2v) is 10.9. The maximum Gasteiger partial charge on any atom is 0.269 e. The number of nitrogens with one attached hydrogen (secondary N) is 4. The van der Waals surface area contributed by atoms with Crippen LogP contribution in [-0.2, 0) is 0 Å². The van der Waals surface area contributed by atoms with Gasteiger partial charge in [0.2, 0.25) is 0 Å². The lowest BCUT2D eigenvalue weighted by molar-refractivity contribution is -0.0124. The van der Waals surface area contributed by atoms with Gasteiger partial charge in [0.1, 0.15) is 41.5 Å². The van der Waals surface area contributed by atoms with Crippen LogP contribution in [0.2, 0.25) is 0 Å². The van der Waals surface area contributed by atoms with Crippen LogP contribution in [0.4, 0.5) is 0 Å². The number of aliphatic hydroxyl groups excluding tert-OH is 12. The second kappa shape index (κ2) is 24.0. The molecule has 0 saturated carbocycles. The van der Waals surface area contributed by atoms with Crippen molar-refractivity contribution in [2.45, 2.75) is 48.8 Å². The Hall–Kier alpha value is -4.30. The van der Waals surface area contributed by atoms with Crippen LogP contribution in [0.1, 0.15) is 41.8 Å². The van der Waals surface area contributed by atoms with Crippen molar-refractivity contribution in [1.29, 1.82) is 0 Å². The zero-order valence-electron chi connectivity index (χ0n) is 27.6. The number of aliphatic hydroxyl groups is 12. The number of aromatic nitrogens is 2. The Bertz CT molecular complexity index is 1290. The summed E-state index contributed by atoms with van der Waals surface area (Å²) in [5.74, 6) is -2.67. The number of amides is 4. The van der Waals surface area contributed by atoms with E-state index in [9.17, 15) is 60.0 Å². The first-order valence-corrected chi connectivity index (χ1v) is 15.5. The zero-order chi connectivity index (χ0) is 39.4. The van der Waals surface area contributed by atoms with Crippen LogP contribution in [0.5, 0.6) is 0 Å². The van der Waals surface area contributed by atoms with Crippen molar-refractivity contribution in [2.75, 3.05) is 52.6 Å². The third-order valence-corrected chi connectivity index (χ3v) is 6.88. The molecule has 22 nitrogen and oxygen atoms in total. The third-order valence-electron chi connectivity index (χ3n) is 6.88. The quantitative estimate of drug-likeness (QED) is 0.0598. The predicted octanol–water partition coefficient (Wildman–Crippen LogP) is -8.06. The van der Waals surface area contributed by atoms with Gasteiger partial charge >= 0.3 is 0 Å². The highest BCUT2D eigenvalue weighted by Gasteiger charge is 2.21. The minimum atomic E-state index is -1.40. The maximum absolute atomic E-state index is 12.0. The van der Waals surface area contributed by atoms with Gasteiger partial charge < -0.3 is 82.5 Å². The number of hydrogen-bond donors (Lipinski definition) is 16. The highest BCUT2D eigenvalue weighted by atomic mass is 16.4. The van der Waals surface area contributed by atoms with Gasteiger partial charge in [-0.2, -0.15) is 0 Å². The Kier molecular flexibility index (Phi) is 21.1. The fourth-order valence-corrected chi connectivity index (χ4v) is 3.54. The van der Waals surface area contributed by atoms with E-state index in [1.165, 1.54) is 30.3 Å². The van der Waals surface area contributed by atoms with Crippen molar-refractivity contribution in [3.05, 3.63) is 59.2 Å². The first-order chi connectivity index (χ1) is 24.6. The van der Waals surface area contributed by atoms with E-state index in [1.54, 1.807) is 0 Å². The van der Waals surface area contributed by atoms with E-state index in [4.69, 9.17) is 20.4 Å². The van der Waals surface area contributed by atoms with Crippen molar-refractivity contribution in [1.82, 2.24) is 31.2 Å². The predicted molar refractivity (Wildman–Crippen MR) is 174 cm³/mol. The van der Waals surface area contributed by atoms with E-state index in [1.807, 2.05) is 0 Å². The second-order valence-electron chi connectivity index (χ2n) is 10.9. The molecular formula is C30H46N6O16. The summed E-state index contributed by atoms with van der Waals surface area (Å²) in [4.78, 5) is 55.3. The van der Waals surface area contributed by atoms with Gasteiger partial charge in [0.25, 0.3) is 23.6 Å². The number of nitrogens with zero attached hydrogens (tertiary/aromatic N) is 2. The number of carbonyl (C=O) groups excluding carboxylic acids is 4. The molecule has 0 spiro atoms. The van der Waals surface area contributed by atoms with Crippen molar-refractivity contribution >= 4 is 23.6 Å². The van der Waals surface area contributed by atoms with Gasteiger partial charge in [-0.1, -0.05) is 6.07 Å². The Morgan fingerprint density at radius 2 is 0.788 bits per heavy atom. The molecule has 22 heteroatoms. The number of hydrogen-bond acceptors (Lipinski definition) is 18. The molecule has 2 heterocycles. The van der Waals surface area contributed by atoms with E-state index in [2.05, 4.69) is 31.2 Å². The van der Waals surface area contributed by atoms with Gasteiger partial charge in [0.15, 0.2) is 0 Å². The molecule has 2 aromatic rings. The van der Waals surface area contributed by atoms with Crippen molar-refractivity contribution in [3.8, 4) is 0 Å². The van der Waals surface area contributed by atoms with E-state index in [-0.39, 0.29) is 48.8 Å². The lowest BCUT2D eigenvalue weighted by Gasteiger charge is -2.16. The summed E-state index contributed by atoms with van der Waals surface area (Å²) in [7, 11) is 0. The summed E-state index contributed by atoms with van der Waals surface area (Å²) >= 11 is 0. The summed E-state index contributed by atoms with van der Waals surface area (Å²) in [6.45, 7) is -3.86. The lowest BCUT2D eigenvalue weighted by atomic mass is 10.2. The summed E-state index contributed by atoms with van der Waals surface area (Å²) in [5, 5.41) is 119. The summed E-state index contributed by atoms with van der Waals surface area (Å²) in [6.07, 6.45) is -9.84. The molecule has 0 bridgehead atoms. The number of rotatable bonds is 20. The summed E-state index contributed by atoms with van der Waals surface area (Å²) in [5.41, 5.74) is -0.190. The van der Waals surface area contributed by atoms with E-state index >= 15 is 0 Å². The zero-order valence-corrected chi connectivity index (χ0v) is 27.6. The molecule has 0 radical (unpaired) electrons. The first kappa shape index (κ1) is 45.7. The first-order valence-electron chi connectivity index (χ1n) is 15.5. The summed E-state index contributed by atoms with van der Waals surface area (Å²) in [6, 6.07) is 6.62. The van der Waals surface area contributed by atoms with Crippen LogP contribution in [0.3, 0.4) is 0 Å². The van der Waals surface area contributed by atoms with Gasteiger partial charge in [-0.25, -0.2) is 4.98 Å². The van der Waals surface area contributed by atoms with Gasteiger partial charge in [0.05, 0.1) is 56.4 Å². The van der Waals surface area contributed by atoms with E-state index in [0.29, 0.717) is 0 Å². The Morgan fingerprint density at radius 1 is 0.462 bits per heavy atom. The maximum atomic E-state index is 12.0. The molecule has 0 fully saturated rings. The minimum Gasteiger partial charge on any atom is -0.394 e. The van der Waals surface area contributed by atoms with Crippen LogP contribution >= 0.6 is 0 Å². The molecule has 0 aliphatic heterocycles. The SMILES string of the molecule is O=C(NCC(O)C(O)CO)c1ccc(C(=O)NCC(O)C(O)CO)nc1.O=C(NCC(O)C(O)CO)c1cccc(C(=O)NCC(O)C(O)CO)n1. The smallest absolute Gasteiger partial charge is 0.269 e. The molecule has 292 valence electrons. The number of carbonyl (C=O) groups is 4. The Labute approximate surface area is 296 Å². The summed E-state index contributed by atoms with van der Waals surface area (Å²) < 4.78 is 0. The molecule has 0 aliphatic carbocycles. The molecule has 0 saturated heterocycles. The minimum absolute atomic E-state index is 0.0389. The molecule has 8 unspecified atom stereocenters. The van der Waals surface area contributed by atoms with Crippen LogP contribution in [0, 0.1) is 0 Å². The lowest BCUT2D eigenvalue weighted by Crippen LogP contribution is -2.41. The van der Waals surface area contributed by atoms with Gasteiger partial charge in [-0.3, -0.25) is 24.2 Å². The molecule has 2 rings (SSSR count). The van der Waals surface area contributed by atoms with Gasteiger partial charge in [-0.15, -0.1) is 0 Å². The van der Waals surface area contributed by atoms with Crippen LogP contribution < -0.4 is 21.3 Å². The topological polar surface area (TPSA) is 385 Å². The van der Waals surface area contributed by atoms with E-state index in [0.717, 1.165) is 6.20 Å². The molecule has 4 amide bonds. The van der Waals surface area contributed by atoms with Crippen molar-refractivity contribution < 1.29 is 80.5 Å². The van der Waals surface area contributed by atoms with Crippen molar-refractivity contribution in [2.24, 2.45) is 0 Å². The average molecular weight is 747 g/mol. The van der Waals surface area contributed by atoms with Crippen LogP contribution in [0.15, 0.2) is 36.5 Å². The normalized spacial score (nSPS) is 15.6. The third kappa shape index (κ3) is 15.9. The van der Waals surface area contributed by atoms with Crippen LogP contribution in [-0.4, -0.2) is 196 Å². The van der Waals surface area contributed by atoms with Gasteiger partial charge in [0, 0.05) is 32.4 Å². The fraction of sp³-hybridized carbons (Fsp3) is 0.533. The van der Waals surface area contributed by atoms with Crippen molar-refractivity contribution in [3.63, 3.8) is 0 Å². The fourth-order valence-electron chi connectivity index (χ4n) is 3.54. The standard InChI is InChI=1S/2C15H23N3O8/c19-6-12(23)10(21)4-17-14(25)8-1-2-9(16-3-8)15(26)18-5-11(22)13(24)7-20;19-6-12(23)10(21)4-16-14(25)8-2-1-3-9(18-8)15(26)17-5-11(22)13(24)7-20/h1-3,10-13,19-24H,4-7H2,(H,17,25)(H,18,26);1-3,10-13,19-24H,4-7H2,(H,16,25)(H,17,26). The Morgan fingerprint density at radius 3 is 1.10 bits per heavy atom. The molecule has 2 aromatic heterocycles. The molecule has 8 atom stereocenters. The largest absolute Gasteiger partial charge is 0.394 e. The average Bonchev–Trinajstić information content (AvgIpc) is 3.18. The molecule has 52 heavy (non-hydrogen) atoms. The molecular weight excluding hydrogens is 700 g/mol. The van der Waals surface area contributed by atoms with E-state index < -0.39 is 98.9 Å². The molecule has 16 N–H and O–H groups in total.